The van der Waals surface area contributed by atoms with E-state index in [1.54, 1.807) is 0 Å². The second-order valence-electron chi connectivity index (χ2n) is 6.66. The molecule has 1 aromatic heterocycles. The maximum atomic E-state index is 12.5. The molecule has 27 heavy (non-hydrogen) atoms. The maximum absolute atomic E-state index is 12.5. The molecule has 0 unspecified atom stereocenters. The summed E-state index contributed by atoms with van der Waals surface area (Å²) in [5, 5.41) is 4.53. The van der Waals surface area contributed by atoms with Crippen molar-refractivity contribution in [2.75, 3.05) is 44.2 Å². The Bertz CT molecular complexity index is 920. The summed E-state index contributed by atoms with van der Waals surface area (Å²) in [6.45, 7) is 5.54. The van der Waals surface area contributed by atoms with Crippen molar-refractivity contribution < 1.29 is 4.79 Å². The molecule has 1 fully saturated rings. The molecule has 1 aliphatic rings. The van der Waals surface area contributed by atoms with E-state index in [1.165, 1.54) is 17.0 Å². The molecule has 6 heteroatoms. The zero-order valence-electron chi connectivity index (χ0n) is 15.0. The van der Waals surface area contributed by atoms with E-state index in [0.717, 1.165) is 42.8 Å². The predicted molar refractivity (Wildman–Crippen MR) is 114 cm³/mol. The number of hydrogen-bond acceptors (Lipinski definition) is 4. The van der Waals surface area contributed by atoms with Gasteiger partial charge in [0.1, 0.15) is 4.88 Å². The average molecular weight is 400 g/mol. The van der Waals surface area contributed by atoms with Gasteiger partial charge in [-0.3, -0.25) is 9.69 Å². The molecule has 0 aliphatic carbocycles. The molecule has 4 rings (SSSR count). The number of carbonyl (C=O) groups excluding carboxylic acids is 1. The fraction of sp³-hybridized carbons (Fsp3) is 0.286. The van der Waals surface area contributed by atoms with Crippen LogP contribution in [0.25, 0.3) is 10.1 Å². The minimum Gasteiger partial charge on any atom is -0.369 e. The van der Waals surface area contributed by atoms with E-state index in [9.17, 15) is 4.79 Å². The Morgan fingerprint density at radius 2 is 1.70 bits per heavy atom. The predicted octanol–water partition coefficient (Wildman–Crippen LogP) is 4.11. The number of halogens is 1. The lowest BCUT2D eigenvalue weighted by atomic mass is 10.2. The summed E-state index contributed by atoms with van der Waals surface area (Å²) in [7, 11) is 0. The largest absolute Gasteiger partial charge is 0.369 e. The second-order valence-corrected chi connectivity index (χ2v) is 8.09. The first kappa shape index (κ1) is 18.3. The van der Waals surface area contributed by atoms with Gasteiger partial charge < -0.3 is 10.2 Å². The highest BCUT2D eigenvalue weighted by Crippen LogP contribution is 2.34. The van der Waals surface area contributed by atoms with Crippen LogP contribution in [0.5, 0.6) is 0 Å². The van der Waals surface area contributed by atoms with Crippen LogP contribution >= 0.6 is 22.9 Å². The fourth-order valence-electron chi connectivity index (χ4n) is 3.44. The molecule has 2 aromatic carbocycles. The van der Waals surface area contributed by atoms with Crippen LogP contribution in [0.15, 0.2) is 54.6 Å². The topological polar surface area (TPSA) is 35.6 Å². The summed E-state index contributed by atoms with van der Waals surface area (Å²) >= 11 is 7.84. The standard InChI is InChI=1S/C21H22ClN3OS/c22-19-17-8-4-5-9-18(17)27-20(19)21(26)23-10-11-24-12-14-25(15-13-24)16-6-2-1-3-7-16/h1-9H,10-15H2,(H,23,26). The zero-order valence-corrected chi connectivity index (χ0v) is 16.6. The Labute approximate surface area is 168 Å². The van der Waals surface area contributed by atoms with E-state index < -0.39 is 0 Å². The third kappa shape index (κ3) is 4.10. The van der Waals surface area contributed by atoms with E-state index in [1.807, 2.05) is 30.3 Å². The number of benzene rings is 2. The third-order valence-electron chi connectivity index (χ3n) is 4.95. The van der Waals surface area contributed by atoms with Crippen molar-refractivity contribution in [2.45, 2.75) is 0 Å². The van der Waals surface area contributed by atoms with Crippen molar-refractivity contribution in [3.05, 3.63) is 64.5 Å². The Hall–Kier alpha value is -2.08. The van der Waals surface area contributed by atoms with Gasteiger partial charge in [-0.25, -0.2) is 0 Å². The number of nitrogens with zero attached hydrogens (tertiary/aromatic N) is 2. The quantitative estimate of drug-likeness (QED) is 0.701. The minimum absolute atomic E-state index is 0.0795. The maximum Gasteiger partial charge on any atom is 0.262 e. The van der Waals surface area contributed by atoms with Gasteiger partial charge in [-0.05, 0) is 18.2 Å². The number of anilines is 1. The SMILES string of the molecule is O=C(NCCN1CCN(c2ccccc2)CC1)c1sc2ccccc2c1Cl. The Morgan fingerprint density at radius 1 is 1.00 bits per heavy atom. The fourth-order valence-corrected chi connectivity index (χ4v) is 4.87. The van der Waals surface area contributed by atoms with Crippen LogP contribution in [0.2, 0.25) is 5.02 Å². The van der Waals surface area contributed by atoms with Gasteiger partial charge >= 0.3 is 0 Å². The molecule has 0 spiro atoms. The van der Waals surface area contributed by atoms with Crippen LogP contribution in [-0.4, -0.2) is 50.1 Å². The first-order valence-electron chi connectivity index (χ1n) is 9.20. The van der Waals surface area contributed by atoms with Crippen molar-refractivity contribution in [1.82, 2.24) is 10.2 Å². The van der Waals surface area contributed by atoms with Crippen LogP contribution in [0, 0.1) is 0 Å². The van der Waals surface area contributed by atoms with Gasteiger partial charge in [0.25, 0.3) is 5.91 Å². The monoisotopic (exact) mass is 399 g/mol. The Kier molecular flexibility index (Phi) is 5.62. The lowest BCUT2D eigenvalue weighted by Gasteiger charge is -2.36. The summed E-state index contributed by atoms with van der Waals surface area (Å²) in [5.74, 6) is -0.0795. The second kappa shape index (κ2) is 8.30. The van der Waals surface area contributed by atoms with Crippen molar-refractivity contribution in [2.24, 2.45) is 0 Å². The van der Waals surface area contributed by atoms with Gasteiger partial charge in [-0.15, -0.1) is 11.3 Å². The Morgan fingerprint density at radius 3 is 2.44 bits per heavy atom. The summed E-state index contributed by atoms with van der Waals surface area (Å²) in [6.07, 6.45) is 0. The summed E-state index contributed by atoms with van der Waals surface area (Å²) < 4.78 is 1.05. The molecule has 0 bridgehead atoms. The van der Waals surface area contributed by atoms with Gasteiger partial charge in [0, 0.05) is 55.0 Å². The number of piperazine rings is 1. The normalized spacial score (nSPS) is 15.2. The first-order chi connectivity index (χ1) is 13.2. The summed E-state index contributed by atoms with van der Waals surface area (Å²) in [5.41, 5.74) is 1.28. The number of carbonyl (C=O) groups is 1. The molecule has 2 heterocycles. The lowest BCUT2D eigenvalue weighted by molar-refractivity contribution is 0.0952. The van der Waals surface area contributed by atoms with E-state index in [0.29, 0.717) is 16.4 Å². The highest BCUT2D eigenvalue weighted by Gasteiger charge is 2.19. The third-order valence-corrected chi connectivity index (χ3v) is 6.62. The highest BCUT2D eigenvalue weighted by molar-refractivity contribution is 7.21. The summed E-state index contributed by atoms with van der Waals surface area (Å²) in [6, 6.07) is 18.4. The molecule has 4 nitrogen and oxygen atoms in total. The molecular weight excluding hydrogens is 378 g/mol. The molecule has 3 aromatic rings. The molecule has 0 radical (unpaired) electrons. The molecule has 140 valence electrons. The van der Waals surface area contributed by atoms with E-state index >= 15 is 0 Å². The number of nitrogens with one attached hydrogen (secondary N) is 1. The number of para-hydroxylation sites is 1. The summed E-state index contributed by atoms with van der Waals surface area (Å²) in [4.78, 5) is 17.9. The molecule has 1 aliphatic heterocycles. The average Bonchev–Trinajstić information content (AvgIpc) is 3.06. The smallest absolute Gasteiger partial charge is 0.262 e. The lowest BCUT2D eigenvalue weighted by Crippen LogP contribution is -2.48. The van der Waals surface area contributed by atoms with Gasteiger partial charge in [0.05, 0.1) is 5.02 Å². The van der Waals surface area contributed by atoms with Crippen molar-refractivity contribution in [3.8, 4) is 0 Å². The number of thiophene rings is 1. The first-order valence-corrected chi connectivity index (χ1v) is 10.4. The number of fused-ring (bicyclic) bond motifs is 1. The van der Waals surface area contributed by atoms with Gasteiger partial charge in [0.2, 0.25) is 0 Å². The minimum atomic E-state index is -0.0795. The molecule has 1 N–H and O–H groups in total. The van der Waals surface area contributed by atoms with Gasteiger partial charge in [0.15, 0.2) is 0 Å². The molecule has 0 saturated carbocycles. The van der Waals surface area contributed by atoms with Crippen LogP contribution in [-0.2, 0) is 0 Å². The number of rotatable bonds is 5. The molecule has 1 amide bonds. The molecule has 0 atom stereocenters. The number of amides is 1. The van der Waals surface area contributed by atoms with Crippen LogP contribution in [0.1, 0.15) is 9.67 Å². The zero-order chi connectivity index (χ0) is 18.6. The molecular formula is C21H22ClN3OS. The highest BCUT2D eigenvalue weighted by atomic mass is 35.5. The van der Waals surface area contributed by atoms with E-state index in [2.05, 4.69) is 39.4 Å². The van der Waals surface area contributed by atoms with Crippen molar-refractivity contribution >= 4 is 44.6 Å². The van der Waals surface area contributed by atoms with Crippen LogP contribution < -0.4 is 10.2 Å². The van der Waals surface area contributed by atoms with Crippen LogP contribution in [0.3, 0.4) is 0 Å². The van der Waals surface area contributed by atoms with Crippen molar-refractivity contribution in [1.29, 1.82) is 0 Å². The number of hydrogen-bond donors (Lipinski definition) is 1. The van der Waals surface area contributed by atoms with Gasteiger partial charge in [-0.2, -0.15) is 0 Å². The van der Waals surface area contributed by atoms with E-state index in [-0.39, 0.29) is 5.91 Å². The Balaban J connectivity index is 1.26. The van der Waals surface area contributed by atoms with Crippen molar-refractivity contribution in [3.63, 3.8) is 0 Å². The van der Waals surface area contributed by atoms with Gasteiger partial charge in [-0.1, -0.05) is 48.0 Å². The van der Waals surface area contributed by atoms with E-state index in [4.69, 9.17) is 11.6 Å². The van der Waals surface area contributed by atoms with Crippen LogP contribution in [0.4, 0.5) is 5.69 Å². The molecule has 1 saturated heterocycles.